The van der Waals surface area contributed by atoms with Crippen LogP contribution in [0.1, 0.15) is 16.7 Å². The Balaban J connectivity index is 2.33. The van der Waals surface area contributed by atoms with Gasteiger partial charge in [-0.3, -0.25) is 19.8 Å². The van der Waals surface area contributed by atoms with Crippen LogP contribution in [-0.4, -0.2) is 28.4 Å². The first kappa shape index (κ1) is 14.6. The Labute approximate surface area is 126 Å². The first-order chi connectivity index (χ1) is 9.56. The highest BCUT2D eigenvalue weighted by molar-refractivity contribution is 7.80. The molecule has 1 saturated heterocycles. The van der Waals surface area contributed by atoms with Crippen LogP contribution in [0.3, 0.4) is 0 Å². The quantitative estimate of drug-likeness (QED) is 0.401. The summed E-state index contributed by atoms with van der Waals surface area (Å²) in [4.78, 5) is 27.6. The minimum Gasteiger partial charge on any atom is -0.298 e. The van der Waals surface area contributed by atoms with Gasteiger partial charge in [0.2, 0.25) is 0 Å². The fraction of sp³-hybridized carbons (Fsp3) is 0.214. The van der Waals surface area contributed by atoms with Gasteiger partial charge in [0.25, 0.3) is 11.8 Å². The number of hydrogen-bond donors (Lipinski definition) is 1. The third-order valence-corrected chi connectivity index (χ3v) is 4.31. The Morgan fingerprint density at radius 1 is 1.45 bits per heavy atom. The molecule has 20 heavy (non-hydrogen) atoms. The van der Waals surface area contributed by atoms with Crippen molar-refractivity contribution in [2.75, 3.05) is 6.54 Å². The van der Waals surface area contributed by atoms with Crippen LogP contribution in [0.4, 0.5) is 0 Å². The van der Waals surface area contributed by atoms with Gasteiger partial charge in [-0.05, 0) is 36.8 Å². The molecule has 0 aliphatic carbocycles. The first-order valence-electron chi connectivity index (χ1n) is 6.15. The van der Waals surface area contributed by atoms with Crippen molar-refractivity contribution in [2.45, 2.75) is 13.3 Å². The zero-order chi connectivity index (χ0) is 14.7. The van der Waals surface area contributed by atoms with Crippen LogP contribution in [0, 0.1) is 0 Å². The van der Waals surface area contributed by atoms with E-state index in [-0.39, 0.29) is 23.1 Å². The maximum Gasteiger partial charge on any atom is 0.265 e. The number of thiophene rings is 1. The number of nitrogens with one attached hydrogen (secondary N) is 1. The number of hydrogen-bond acceptors (Lipinski definition) is 4. The molecule has 2 heterocycles. The van der Waals surface area contributed by atoms with Crippen molar-refractivity contribution in [1.29, 1.82) is 0 Å². The highest BCUT2D eigenvalue weighted by atomic mass is 32.1. The molecular weight excluding hydrogens is 292 g/mol. The Morgan fingerprint density at radius 3 is 2.80 bits per heavy atom. The van der Waals surface area contributed by atoms with Gasteiger partial charge in [0, 0.05) is 16.3 Å². The van der Waals surface area contributed by atoms with E-state index in [1.165, 1.54) is 9.78 Å². The first-order valence-corrected chi connectivity index (χ1v) is 7.37. The fourth-order valence-corrected chi connectivity index (χ4v) is 2.94. The van der Waals surface area contributed by atoms with E-state index in [9.17, 15) is 9.59 Å². The van der Waals surface area contributed by atoms with Crippen molar-refractivity contribution in [3.8, 4) is 0 Å². The normalized spacial score (nSPS) is 17.6. The second kappa shape index (κ2) is 6.11. The molecule has 2 amide bonds. The zero-order valence-corrected chi connectivity index (χ0v) is 12.6. The summed E-state index contributed by atoms with van der Waals surface area (Å²) in [6.45, 7) is 5.92. The minimum absolute atomic E-state index is 0.102. The summed E-state index contributed by atoms with van der Waals surface area (Å²) in [5.74, 6) is -0.836. The Morgan fingerprint density at radius 2 is 2.20 bits per heavy atom. The second-order valence-electron chi connectivity index (χ2n) is 4.18. The van der Waals surface area contributed by atoms with Crippen LogP contribution in [0.15, 0.2) is 30.4 Å². The molecule has 0 bridgehead atoms. The fourth-order valence-electron chi connectivity index (χ4n) is 1.79. The number of amides is 2. The number of nitrogens with zero attached hydrogens (tertiary/aromatic N) is 1. The smallest absolute Gasteiger partial charge is 0.265 e. The van der Waals surface area contributed by atoms with Gasteiger partial charge in [-0.25, -0.2) is 0 Å². The Bertz CT molecular complexity index is 616. The van der Waals surface area contributed by atoms with Gasteiger partial charge in [-0.15, -0.1) is 17.9 Å². The summed E-state index contributed by atoms with van der Waals surface area (Å²) in [7, 11) is 0. The molecule has 1 aliphatic rings. The van der Waals surface area contributed by atoms with E-state index in [0.29, 0.717) is 0 Å². The standard InChI is InChI=1S/C14H14N2O2S2/c1-3-7-16-13(18)11(12(17)15-14(16)19)8-10-6-5-9(4-2)20-10/h3,5-6,8H,1,4,7H2,2H3,(H,15,17,19)/b11-8+. The van der Waals surface area contributed by atoms with E-state index in [2.05, 4.69) is 18.8 Å². The van der Waals surface area contributed by atoms with Gasteiger partial charge >= 0.3 is 0 Å². The van der Waals surface area contributed by atoms with Gasteiger partial charge in [-0.2, -0.15) is 0 Å². The lowest BCUT2D eigenvalue weighted by Crippen LogP contribution is -2.53. The molecule has 0 spiro atoms. The molecule has 0 radical (unpaired) electrons. The largest absolute Gasteiger partial charge is 0.298 e. The molecule has 0 unspecified atom stereocenters. The van der Waals surface area contributed by atoms with E-state index in [1.54, 1.807) is 23.5 Å². The topological polar surface area (TPSA) is 49.4 Å². The highest BCUT2D eigenvalue weighted by Crippen LogP contribution is 2.21. The average molecular weight is 306 g/mol. The van der Waals surface area contributed by atoms with Crippen LogP contribution in [-0.2, 0) is 16.0 Å². The SMILES string of the molecule is C=CCN1C(=O)/C(=C/c2ccc(CC)s2)C(=O)NC1=S. The predicted octanol–water partition coefficient (Wildman–Crippen LogP) is 2.12. The molecule has 0 saturated carbocycles. The molecule has 6 heteroatoms. The van der Waals surface area contributed by atoms with Crippen molar-refractivity contribution in [3.63, 3.8) is 0 Å². The maximum absolute atomic E-state index is 12.3. The number of carbonyl (C=O) groups excluding carboxylic acids is 2. The van der Waals surface area contributed by atoms with Crippen LogP contribution in [0.5, 0.6) is 0 Å². The van der Waals surface area contributed by atoms with Crippen molar-refractivity contribution in [2.24, 2.45) is 0 Å². The summed E-state index contributed by atoms with van der Waals surface area (Å²) in [6, 6.07) is 3.90. The molecule has 1 fully saturated rings. The molecule has 4 nitrogen and oxygen atoms in total. The third kappa shape index (κ3) is 2.86. The number of carbonyl (C=O) groups is 2. The average Bonchev–Trinajstić information content (AvgIpc) is 2.87. The molecule has 0 aromatic carbocycles. The lowest BCUT2D eigenvalue weighted by atomic mass is 10.1. The highest BCUT2D eigenvalue weighted by Gasteiger charge is 2.32. The third-order valence-electron chi connectivity index (χ3n) is 2.81. The molecule has 0 atom stereocenters. The van der Waals surface area contributed by atoms with Gasteiger partial charge < -0.3 is 0 Å². The molecule has 1 aliphatic heterocycles. The second-order valence-corrected chi connectivity index (χ2v) is 5.77. The van der Waals surface area contributed by atoms with Crippen LogP contribution in [0.2, 0.25) is 0 Å². The van der Waals surface area contributed by atoms with E-state index in [4.69, 9.17) is 12.2 Å². The van der Waals surface area contributed by atoms with Crippen LogP contribution >= 0.6 is 23.6 Å². The molecule has 1 aromatic heterocycles. The van der Waals surface area contributed by atoms with Crippen molar-refractivity contribution in [3.05, 3.63) is 40.1 Å². The monoisotopic (exact) mass is 306 g/mol. The van der Waals surface area contributed by atoms with Crippen molar-refractivity contribution in [1.82, 2.24) is 10.2 Å². The van der Waals surface area contributed by atoms with Crippen molar-refractivity contribution >= 4 is 46.6 Å². The molecule has 2 rings (SSSR count). The van der Waals surface area contributed by atoms with Gasteiger partial charge in [-0.1, -0.05) is 13.0 Å². The molecule has 104 valence electrons. The zero-order valence-electron chi connectivity index (χ0n) is 11.0. The predicted molar refractivity (Wildman–Crippen MR) is 84.3 cm³/mol. The molecule has 1 N–H and O–H groups in total. The van der Waals surface area contributed by atoms with Gasteiger partial charge in [0.15, 0.2) is 5.11 Å². The summed E-state index contributed by atoms with van der Waals surface area (Å²) >= 11 is 6.55. The lowest BCUT2D eigenvalue weighted by Gasteiger charge is -2.27. The van der Waals surface area contributed by atoms with Gasteiger partial charge in [0.1, 0.15) is 5.57 Å². The maximum atomic E-state index is 12.3. The minimum atomic E-state index is -0.452. The van der Waals surface area contributed by atoms with Gasteiger partial charge in [0.05, 0.1) is 0 Å². The van der Waals surface area contributed by atoms with Crippen molar-refractivity contribution < 1.29 is 9.59 Å². The molecular formula is C14H14N2O2S2. The number of thiocarbonyl (C=S) groups is 1. The summed E-state index contributed by atoms with van der Waals surface area (Å²) in [5, 5.41) is 2.64. The lowest BCUT2D eigenvalue weighted by molar-refractivity contribution is -0.128. The molecule has 1 aromatic rings. The summed E-state index contributed by atoms with van der Waals surface area (Å²) in [6.07, 6.45) is 4.11. The van der Waals surface area contributed by atoms with E-state index in [0.717, 1.165) is 11.3 Å². The van der Waals surface area contributed by atoms with Crippen LogP contribution < -0.4 is 5.32 Å². The summed E-state index contributed by atoms with van der Waals surface area (Å²) < 4.78 is 0. The van der Waals surface area contributed by atoms with E-state index in [1.807, 2.05) is 12.1 Å². The Hall–Kier alpha value is -1.79. The Kier molecular flexibility index (Phi) is 4.46. The van der Waals surface area contributed by atoms with E-state index < -0.39 is 5.91 Å². The van der Waals surface area contributed by atoms with E-state index >= 15 is 0 Å². The number of rotatable bonds is 4. The van der Waals surface area contributed by atoms with Crippen LogP contribution in [0.25, 0.3) is 6.08 Å². The number of aryl methyl sites for hydroxylation is 1. The summed E-state index contributed by atoms with van der Waals surface area (Å²) in [5.41, 5.74) is 0.102.